The number of non-ortho nitro benzene ring substituents is 1. The van der Waals surface area contributed by atoms with Crippen LogP contribution in [0, 0.1) is 17.0 Å². The third-order valence-electron chi connectivity index (χ3n) is 4.12. The molecule has 0 radical (unpaired) electrons. The fourth-order valence-corrected chi connectivity index (χ4v) is 2.88. The molecule has 7 nitrogen and oxygen atoms in total. The molecular weight excluding hydrogens is 320 g/mol. The van der Waals surface area contributed by atoms with E-state index in [9.17, 15) is 10.1 Å². The van der Waals surface area contributed by atoms with Crippen molar-refractivity contribution in [1.82, 2.24) is 9.88 Å². The topological polar surface area (TPSA) is 84.4 Å². The molecule has 0 aliphatic rings. The number of aromatic nitrogens is 1. The summed E-state index contributed by atoms with van der Waals surface area (Å²) < 4.78 is 5.52. The number of anilines is 1. The van der Waals surface area contributed by atoms with Crippen molar-refractivity contribution in [1.29, 1.82) is 0 Å². The molecule has 0 aliphatic carbocycles. The number of furan rings is 1. The molecule has 130 valence electrons. The van der Waals surface area contributed by atoms with E-state index in [0.717, 1.165) is 22.5 Å². The number of hydrogen-bond donors (Lipinski definition) is 1. The monoisotopic (exact) mass is 340 g/mol. The van der Waals surface area contributed by atoms with Gasteiger partial charge in [-0.05, 0) is 39.2 Å². The Hall–Kier alpha value is -2.93. The molecule has 0 fully saturated rings. The average molecular weight is 340 g/mol. The second kappa shape index (κ2) is 6.90. The Bertz CT molecular complexity index is 891. The lowest BCUT2D eigenvalue weighted by atomic mass is 10.1. The van der Waals surface area contributed by atoms with Crippen LogP contribution in [-0.4, -0.2) is 35.4 Å². The fraction of sp³-hybridized carbons (Fsp3) is 0.278. The summed E-state index contributed by atoms with van der Waals surface area (Å²) in [6.07, 6.45) is 1.65. The summed E-state index contributed by atoms with van der Waals surface area (Å²) in [6, 6.07) is 10.7. The second-order valence-electron chi connectivity index (χ2n) is 6.12. The van der Waals surface area contributed by atoms with E-state index in [1.54, 1.807) is 12.3 Å². The summed E-state index contributed by atoms with van der Waals surface area (Å²) in [5, 5.41) is 15.4. The molecule has 1 unspecified atom stereocenters. The number of nitrogens with zero attached hydrogens (tertiary/aromatic N) is 3. The first-order valence-electron chi connectivity index (χ1n) is 7.96. The van der Waals surface area contributed by atoms with Crippen molar-refractivity contribution >= 4 is 22.3 Å². The van der Waals surface area contributed by atoms with Crippen molar-refractivity contribution in [3.63, 3.8) is 0 Å². The van der Waals surface area contributed by atoms with Crippen LogP contribution >= 0.6 is 0 Å². The first-order valence-corrected chi connectivity index (χ1v) is 7.96. The zero-order valence-corrected chi connectivity index (χ0v) is 14.4. The quantitative estimate of drug-likeness (QED) is 0.543. The van der Waals surface area contributed by atoms with E-state index in [2.05, 4.69) is 15.2 Å². The van der Waals surface area contributed by atoms with Crippen molar-refractivity contribution in [2.75, 3.05) is 26.0 Å². The minimum absolute atomic E-state index is 0.0134. The lowest BCUT2D eigenvalue weighted by Gasteiger charge is -2.23. The molecule has 1 aromatic carbocycles. The van der Waals surface area contributed by atoms with Crippen LogP contribution in [0.2, 0.25) is 0 Å². The predicted octanol–water partition coefficient (Wildman–Crippen LogP) is 3.76. The summed E-state index contributed by atoms with van der Waals surface area (Å²) in [5.41, 5.74) is 1.96. The zero-order chi connectivity index (χ0) is 18.0. The zero-order valence-electron chi connectivity index (χ0n) is 14.4. The SMILES string of the molecule is Cc1cc(NCC(c2ccco2)N(C)C)c2cccc([N+](=O)[O-])c2n1. The van der Waals surface area contributed by atoms with Crippen LogP contribution in [0.25, 0.3) is 10.9 Å². The highest BCUT2D eigenvalue weighted by molar-refractivity contribution is 5.96. The Balaban J connectivity index is 1.96. The van der Waals surface area contributed by atoms with Gasteiger partial charge in [-0.1, -0.05) is 12.1 Å². The number of benzene rings is 1. The van der Waals surface area contributed by atoms with Gasteiger partial charge in [0.1, 0.15) is 5.76 Å². The van der Waals surface area contributed by atoms with Gasteiger partial charge in [0.05, 0.1) is 17.2 Å². The molecule has 0 aliphatic heterocycles. The smallest absolute Gasteiger partial charge is 0.295 e. The van der Waals surface area contributed by atoms with E-state index >= 15 is 0 Å². The highest BCUT2D eigenvalue weighted by Gasteiger charge is 2.19. The highest BCUT2D eigenvalue weighted by atomic mass is 16.6. The first kappa shape index (κ1) is 16.9. The number of aryl methyl sites for hydroxylation is 1. The Morgan fingerprint density at radius 1 is 1.32 bits per heavy atom. The van der Waals surface area contributed by atoms with Gasteiger partial charge in [0.2, 0.25) is 0 Å². The van der Waals surface area contributed by atoms with E-state index in [1.807, 2.05) is 45.3 Å². The molecule has 2 heterocycles. The number of nitro groups is 1. The van der Waals surface area contributed by atoms with Gasteiger partial charge in [0.25, 0.3) is 5.69 Å². The standard InChI is InChI=1S/C18H20N4O3/c1-12-10-14(13-6-4-7-15(22(23)24)18(13)20-12)19-11-16(21(2)3)17-8-5-9-25-17/h4-10,16H,11H2,1-3H3,(H,19,20). The van der Waals surface area contributed by atoms with Gasteiger partial charge >= 0.3 is 0 Å². The Morgan fingerprint density at radius 2 is 2.12 bits per heavy atom. The van der Waals surface area contributed by atoms with Gasteiger partial charge in [-0.2, -0.15) is 0 Å². The normalized spacial score (nSPS) is 12.5. The van der Waals surface area contributed by atoms with E-state index < -0.39 is 4.92 Å². The molecule has 7 heteroatoms. The summed E-state index contributed by atoms with van der Waals surface area (Å²) in [4.78, 5) is 17.3. The summed E-state index contributed by atoms with van der Waals surface area (Å²) in [6.45, 7) is 2.43. The Labute approximate surface area is 145 Å². The van der Waals surface area contributed by atoms with E-state index in [-0.39, 0.29) is 11.7 Å². The van der Waals surface area contributed by atoms with Crippen LogP contribution in [-0.2, 0) is 0 Å². The molecular formula is C18H20N4O3. The third kappa shape index (κ3) is 3.46. The minimum Gasteiger partial charge on any atom is -0.468 e. The van der Waals surface area contributed by atoms with E-state index in [0.29, 0.717) is 12.1 Å². The molecule has 0 saturated heterocycles. The van der Waals surface area contributed by atoms with Crippen molar-refractivity contribution < 1.29 is 9.34 Å². The lowest BCUT2D eigenvalue weighted by Crippen LogP contribution is -2.26. The molecule has 25 heavy (non-hydrogen) atoms. The number of pyridine rings is 1. The van der Waals surface area contributed by atoms with Gasteiger partial charge < -0.3 is 9.73 Å². The molecule has 1 atom stereocenters. The van der Waals surface area contributed by atoms with Crippen molar-refractivity contribution in [2.45, 2.75) is 13.0 Å². The average Bonchev–Trinajstić information content (AvgIpc) is 3.08. The third-order valence-corrected chi connectivity index (χ3v) is 4.12. The second-order valence-corrected chi connectivity index (χ2v) is 6.12. The number of nitrogens with one attached hydrogen (secondary N) is 1. The summed E-state index contributed by atoms with van der Waals surface area (Å²) in [5.74, 6) is 0.860. The van der Waals surface area contributed by atoms with E-state index in [1.165, 1.54) is 6.07 Å². The molecule has 0 spiro atoms. The van der Waals surface area contributed by atoms with Crippen molar-refractivity contribution in [3.05, 3.63) is 64.2 Å². The number of para-hydroxylation sites is 1. The van der Waals surface area contributed by atoms with Crippen LogP contribution in [0.5, 0.6) is 0 Å². The lowest BCUT2D eigenvalue weighted by molar-refractivity contribution is -0.383. The van der Waals surface area contributed by atoms with Gasteiger partial charge in [-0.3, -0.25) is 15.0 Å². The van der Waals surface area contributed by atoms with Gasteiger partial charge in [0.15, 0.2) is 5.52 Å². The van der Waals surface area contributed by atoms with Crippen LogP contribution in [0.1, 0.15) is 17.5 Å². The van der Waals surface area contributed by atoms with E-state index in [4.69, 9.17) is 4.42 Å². The first-order chi connectivity index (χ1) is 12.0. The number of hydrogen-bond acceptors (Lipinski definition) is 6. The van der Waals surface area contributed by atoms with Gasteiger partial charge in [0, 0.05) is 29.4 Å². The fourth-order valence-electron chi connectivity index (χ4n) is 2.88. The molecule has 2 aromatic heterocycles. The molecule has 0 amide bonds. The number of rotatable bonds is 6. The van der Waals surface area contributed by atoms with Crippen molar-refractivity contribution in [3.8, 4) is 0 Å². The van der Waals surface area contributed by atoms with Crippen LogP contribution < -0.4 is 5.32 Å². The maximum atomic E-state index is 11.3. The molecule has 0 saturated carbocycles. The summed E-state index contributed by atoms with van der Waals surface area (Å²) >= 11 is 0. The van der Waals surface area contributed by atoms with Gasteiger partial charge in [-0.15, -0.1) is 0 Å². The largest absolute Gasteiger partial charge is 0.468 e. The van der Waals surface area contributed by atoms with Crippen LogP contribution in [0.3, 0.4) is 0 Å². The van der Waals surface area contributed by atoms with Crippen LogP contribution in [0.4, 0.5) is 11.4 Å². The minimum atomic E-state index is -0.399. The summed E-state index contributed by atoms with van der Waals surface area (Å²) in [7, 11) is 3.96. The predicted molar refractivity (Wildman–Crippen MR) is 96.8 cm³/mol. The van der Waals surface area contributed by atoms with Crippen LogP contribution in [0.15, 0.2) is 47.1 Å². The Morgan fingerprint density at radius 3 is 2.76 bits per heavy atom. The number of nitro benzene ring substituents is 1. The molecule has 1 N–H and O–H groups in total. The number of fused-ring (bicyclic) bond motifs is 1. The molecule has 3 rings (SSSR count). The Kier molecular flexibility index (Phi) is 4.67. The van der Waals surface area contributed by atoms with Gasteiger partial charge in [-0.25, -0.2) is 4.98 Å². The number of likely N-dealkylation sites (N-methyl/N-ethyl adjacent to an activating group) is 1. The maximum absolute atomic E-state index is 11.3. The highest BCUT2D eigenvalue weighted by Crippen LogP contribution is 2.30. The maximum Gasteiger partial charge on any atom is 0.295 e. The molecule has 3 aromatic rings. The van der Waals surface area contributed by atoms with Crippen molar-refractivity contribution in [2.24, 2.45) is 0 Å². The molecule has 0 bridgehead atoms.